The van der Waals surface area contributed by atoms with Crippen LogP contribution in [0, 0.1) is 0 Å². The third-order valence-electron chi connectivity index (χ3n) is 12.5. The predicted molar refractivity (Wildman–Crippen MR) is 264 cm³/mol. The smallest absolute Gasteiger partial charge is 0.306 e. The number of rotatable bonds is 49. The van der Waals surface area contributed by atoms with Crippen LogP contribution in [-0.2, 0) is 14.3 Å². The molecule has 0 saturated heterocycles. The highest BCUT2D eigenvalue weighted by molar-refractivity contribution is 5.77. The first-order valence-electron chi connectivity index (χ1n) is 27.1. The van der Waals surface area contributed by atoms with Gasteiger partial charge >= 0.3 is 5.97 Å². The topological polar surface area (TPSA) is 95.9 Å². The standard InChI is InChI=1S/C55H105NO5/c1-4-7-10-13-16-19-22-25-27-29-31-34-37-40-43-46-51(61-55(60)48-45-42-39-36-33-28-24-21-18-15-12-9-6-3)49-54(59)56-52(50-57)53(58)47-44-41-38-35-32-30-26-23-20-17-14-11-8-5-2/h25,27-28,33,51-53,57-58H,4-24,26,29-32,34-50H2,1-3H3,(H,56,59)/b27-25+,33-28-. The molecule has 3 unspecified atom stereocenters. The Morgan fingerprint density at radius 1 is 0.459 bits per heavy atom. The van der Waals surface area contributed by atoms with E-state index < -0.39 is 18.2 Å². The molecule has 0 bridgehead atoms. The van der Waals surface area contributed by atoms with Crippen molar-refractivity contribution in [2.75, 3.05) is 6.61 Å². The van der Waals surface area contributed by atoms with E-state index in [-0.39, 0.29) is 24.9 Å². The summed E-state index contributed by atoms with van der Waals surface area (Å²) in [7, 11) is 0. The third-order valence-corrected chi connectivity index (χ3v) is 12.5. The van der Waals surface area contributed by atoms with Gasteiger partial charge in [-0.1, -0.05) is 225 Å². The Morgan fingerprint density at radius 2 is 0.787 bits per heavy atom. The van der Waals surface area contributed by atoms with E-state index in [0.717, 1.165) is 64.2 Å². The highest BCUT2D eigenvalue weighted by Crippen LogP contribution is 2.18. The van der Waals surface area contributed by atoms with Gasteiger partial charge in [0.05, 0.1) is 25.2 Å². The summed E-state index contributed by atoms with van der Waals surface area (Å²) in [5.74, 6) is -0.488. The molecule has 0 aliphatic heterocycles. The Balaban J connectivity index is 4.57. The van der Waals surface area contributed by atoms with Crippen LogP contribution in [0.25, 0.3) is 0 Å². The number of esters is 1. The van der Waals surface area contributed by atoms with Crippen LogP contribution in [0.4, 0.5) is 0 Å². The molecule has 0 radical (unpaired) electrons. The van der Waals surface area contributed by atoms with Crippen molar-refractivity contribution in [1.29, 1.82) is 0 Å². The molecule has 3 atom stereocenters. The van der Waals surface area contributed by atoms with Crippen LogP contribution in [0.1, 0.15) is 290 Å². The van der Waals surface area contributed by atoms with E-state index in [4.69, 9.17) is 4.74 Å². The largest absolute Gasteiger partial charge is 0.462 e. The van der Waals surface area contributed by atoms with Crippen LogP contribution < -0.4 is 5.32 Å². The Bertz CT molecular complexity index is 966. The SMILES string of the molecule is CCCCCCCC/C=C\CCCCCC(=O)OC(CCCCCCC/C=C/CCCCCCCC)CC(=O)NC(CO)C(O)CCCCCCCCCCCCCCCC. The molecule has 0 aromatic carbocycles. The molecule has 0 heterocycles. The molecule has 0 fully saturated rings. The van der Waals surface area contributed by atoms with Crippen molar-refractivity contribution >= 4 is 11.9 Å². The van der Waals surface area contributed by atoms with Crippen LogP contribution in [0.3, 0.4) is 0 Å². The summed E-state index contributed by atoms with van der Waals surface area (Å²) in [6.45, 7) is 6.49. The van der Waals surface area contributed by atoms with Crippen LogP contribution in [0.2, 0.25) is 0 Å². The van der Waals surface area contributed by atoms with E-state index >= 15 is 0 Å². The van der Waals surface area contributed by atoms with E-state index in [1.165, 1.54) is 180 Å². The first-order chi connectivity index (χ1) is 30.0. The number of hydrogen-bond donors (Lipinski definition) is 3. The van der Waals surface area contributed by atoms with E-state index in [2.05, 4.69) is 50.4 Å². The number of allylic oxidation sites excluding steroid dienone is 4. The summed E-state index contributed by atoms with van der Waals surface area (Å²) >= 11 is 0. The average molecular weight is 860 g/mol. The van der Waals surface area contributed by atoms with Gasteiger partial charge in [0.2, 0.25) is 5.91 Å². The minimum absolute atomic E-state index is 0.0701. The second-order valence-electron chi connectivity index (χ2n) is 18.6. The number of hydrogen-bond acceptors (Lipinski definition) is 5. The zero-order valence-electron chi connectivity index (χ0n) is 41.1. The number of unbranched alkanes of at least 4 members (excludes halogenated alkanes) is 33. The molecular weight excluding hydrogens is 755 g/mol. The van der Waals surface area contributed by atoms with Gasteiger partial charge in [0, 0.05) is 6.42 Å². The fraction of sp³-hybridized carbons (Fsp3) is 0.891. The highest BCUT2D eigenvalue weighted by Gasteiger charge is 2.24. The molecule has 0 aliphatic rings. The van der Waals surface area contributed by atoms with E-state index in [9.17, 15) is 19.8 Å². The fourth-order valence-corrected chi connectivity index (χ4v) is 8.36. The summed E-state index contributed by atoms with van der Waals surface area (Å²) in [6.07, 6.45) is 56.6. The van der Waals surface area contributed by atoms with Gasteiger partial charge in [0.25, 0.3) is 0 Å². The first kappa shape index (κ1) is 59.3. The molecule has 1 amide bonds. The molecule has 6 heteroatoms. The number of ether oxygens (including phenoxy) is 1. The third kappa shape index (κ3) is 44.7. The second-order valence-corrected chi connectivity index (χ2v) is 18.6. The molecule has 0 spiro atoms. The molecule has 0 aliphatic carbocycles. The monoisotopic (exact) mass is 860 g/mol. The maximum atomic E-state index is 13.2. The summed E-state index contributed by atoms with van der Waals surface area (Å²) in [5, 5.41) is 23.8. The molecule has 0 saturated carbocycles. The van der Waals surface area contributed by atoms with Crippen molar-refractivity contribution in [3.05, 3.63) is 24.3 Å². The van der Waals surface area contributed by atoms with E-state index in [0.29, 0.717) is 19.3 Å². The second kappa shape index (κ2) is 49.4. The first-order valence-corrected chi connectivity index (χ1v) is 27.1. The fourth-order valence-electron chi connectivity index (χ4n) is 8.36. The van der Waals surface area contributed by atoms with Crippen LogP contribution in [-0.4, -0.2) is 46.9 Å². The van der Waals surface area contributed by atoms with Crippen LogP contribution >= 0.6 is 0 Å². The number of amides is 1. The van der Waals surface area contributed by atoms with Crippen molar-refractivity contribution in [2.45, 2.75) is 309 Å². The molecule has 6 nitrogen and oxygen atoms in total. The minimum atomic E-state index is -0.789. The lowest BCUT2D eigenvalue weighted by Crippen LogP contribution is -2.46. The van der Waals surface area contributed by atoms with Gasteiger partial charge in [0.1, 0.15) is 6.10 Å². The number of carbonyl (C=O) groups is 2. The average Bonchev–Trinajstić information content (AvgIpc) is 3.25. The summed E-state index contributed by atoms with van der Waals surface area (Å²) in [5.41, 5.74) is 0. The minimum Gasteiger partial charge on any atom is -0.462 e. The molecule has 3 N–H and O–H groups in total. The van der Waals surface area contributed by atoms with Crippen molar-refractivity contribution < 1.29 is 24.5 Å². The number of nitrogens with one attached hydrogen (secondary N) is 1. The van der Waals surface area contributed by atoms with Gasteiger partial charge in [-0.25, -0.2) is 0 Å². The molecule has 0 aromatic rings. The van der Waals surface area contributed by atoms with Crippen LogP contribution in [0.15, 0.2) is 24.3 Å². The zero-order chi connectivity index (χ0) is 44.5. The maximum Gasteiger partial charge on any atom is 0.306 e. The van der Waals surface area contributed by atoms with Gasteiger partial charge in [0.15, 0.2) is 0 Å². The maximum absolute atomic E-state index is 13.2. The van der Waals surface area contributed by atoms with E-state index in [1.807, 2.05) is 0 Å². The normalized spacial score (nSPS) is 13.3. The predicted octanol–water partition coefficient (Wildman–Crippen LogP) is 16.3. The molecule has 360 valence electrons. The van der Waals surface area contributed by atoms with Gasteiger partial charge in [-0.05, 0) is 77.0 Å². The van der Waals surface area contributed by atoms with Crippen molar-refractivity contribution in [3.63, 3.8) is 0 Å². The summed E-state index contributed by atoms with van der Waals surface area (Å²) in [6, 6.07) is -0.703. The quantitative estimate of drug-likeness (QED) is 0.0322. The highest BCUT2D eigenvalue weighted by atomic mass is 16.5. The molecular formula is C55H105NO5. The summed E-state index contributed by atoms with van der Waals surface area (Å²) in [4.78, 5) is 26.2. The zero-order valence-corrected chi connectivity index (χ0v) is 41.1. The summed E-state index contributed by atoms with van der Waals surface area (Å²) < 4.78 is 5.93. The lowest BCUT2D eigenvalue weighted by molar-refractivity contribution is -0.151. The lowest BCUT2D eigenvalue weighted by Gasteiger charge is -2.24. The van der Waals surface area contributed by atoms with Gasteiger partial charge in [-0.15, -0.1) is 0 Å². The van der Waals surface area contributed by atoms with Crippen molar-refractivity contribution in [2.24, 2.45) is 0 Å². The number of aliphatic hydroxyl groups is 2. The number of carbonyl (C=O) groups excluding carboxylic acids is 2. The van der Waals surface area contributed by atoms with Gasteiger partial charge in [-0.3, -0.25) is 9.59 Å². The number of aliphatic hydroxyl groups excluding tert-OH is 2. The Hall–Kier alpha value is -1.66. The van der Waals surface area contributed by atoms with Crippen molar-refractivity contribution in [3.8, 4) is 0 Å². The molecule has 0 aromatic heterocycles. The Kier molecular flexibility index (Phi) is 48.0. The molecule has 61 heavy (non-hydrogen) atoms. The Labute approximate surface area is 380 Å². The lowest BCUT2D eigenvalue weighted by atomic mass is 10.0. The van der Waals surface area contributed by atoms with Gasteiger partial charge in [-0.2, -0.15) is 0 Å². The van der Waals surface area contributed by atoms with E-state index in [1.54, 1.807) is 0 Å². The van der Waals surface area contributed by atoms with Crippen LogP contribution in [0.5, 0.6) is 0 Å². The van der Waals surface area contributed by atoms with Gasteiger partial charge < -0.3 is 20.3 Å². The Morgan fingerprint density at radius 3 is 1.16 bits per heavy atom. The molecule has 0 rings (SSSR count). The van der Waals surface area contributed by atoms with Crippen molar-refractivity contribution in [1.82, 2.24) is 5.32 Å².